The number of hydrogen-bond acceptors (Lipinski definition) is 3. The van der Waals surface area contributed by atoms with E-state index in [4.69, 9.17) is 0 Å². The molecule has 0 unspecified atom stereocenters. The molecule has 0 saturated carbocycles. The van der Waals surface area contributed by atoms with Crippen LogP contribution in [0.5, 0.6) is 0 Å². The van der Waals surface area contributed by atoms with Gasteiger partial charge in [0.25, 0.3) is 0 Å². The number of anilines is 1. The Morgan fingerprint density at radius 2 is 2.27 bits per heavy atom. The quantitative estimate of drug-likeness (QED) is 0.859. The Kier molecular flexibility index (Phi) is 3.45. The minimum atomic E-state index is 0.996. The van der Waals surface area contributed by atoms with Gasteiger partial charge in [0.1, 0.15) is 0 Å². The zero-order chi connectivity index (χ0) is 10.8. The molecule has 0 bridgehead atoms. The number of rotatable bonds is 3. The van der Waals surface area contributed by atoms with E-state index in [9.17, 15) is 0 Å². The van der Waals surface area contributed by atoms with Gasteiger partial charge in [-0.2, -0.15) is 0 Å². The maximum Gasteiger partial charge on any atom is 0.183 e. The van der Waals surface area contributed by atoms with Gasteiger partial charge in [-0.05, 0) is 53.6 Å². The maximum atomic E-state index is 4.59. The van der Waals surface area contributed by atoms with E-state index in [1.807, 2.05) is 0 Å². The number of aryl methyl sites for hydroxylation is 1. The average Bonchev–Trinajstić information content (AvgIpc) is 2.57. The van der Waals surface area contributed by atoms with Crippen LogP contribution < -0.4 is 5.32 Å². The van der Waals surface area contributed by atoms with E-state index in [1.165, 1.54) is 13.8 Å². The van der Waals surface area contributed by atoms with E-state index in [0.29, 0.717) is 0 Å². The first-order chi connectivity index (χ1) is 7.20. The van der Waals surface area contributed by atoms with Crippen LogP contribution in [0.25, 0.3) is 10.2 Å². The van der Waals surface area contributed by atoms with E-state index in [0.717, 1.165) is 23.6 Å². The average molecular weight is 332 g/mol. The molecule has 0 aliphatic heterocycles. The van der Waals surface area contributed by atoms with Gasteiger partial charge < -0.3 is 5.32 Å². The fourth-order valence-electron chi connectivity index (χ4n) is 1.46. The maximum absolute atomic E-state index is 4.59. The van der Waals surface area contributed by atoms with E-state index in [1.54, 1.807) is 11.3 Å². The monoisotopic (exact) mass is 332 g/mol. The van der Waals surface area contributed by atoms with Crippen molar-refractivity contribution in [2.45, 2.75) is 20.3 Å². The van der Waals surface area contributed by atoms with E-state index < -0.39 is 0 Å². The van der Waals surface area contributed by atoms with Crippen LogP contribution in [0.4, 0.5) is 5.13 Å². The lowest BCUT2D eigenvalue weighted by Gasteiger charge is -1.96. The molecule has 0 saturated heterocycles. The summed E-state index contributed by atoms with van der Waals surface area (Å²) < 4.78 is 2.56. The molecule has 0 fully saturated rings. The molecule has 1 aromatic carbocycles. The van der Waals surface area contributed by atoms with Crippen molar-refractivity contribution in [1.29, 1.82) is 0 Å². The number of hydrogen-bond donors (Lipinski definition) is 1. The SMILES string of the molecule is CCCNc1nc2c(C)cc(I)cc2s1. The van der Waals surface area contributed by atoms with Gasteiger partial charge in [0, 0.05) is 10.1 Å². The predicted octanol–water partition coefficient (Wildman–Crippen LogP) is 4.03. The Bertz CT molecular complexity index is 479. The Balaban J connectivity index is 2.41. The minimum Gasteiger partial charge on any atom is -0.361 e. The van der Waals surface area contributed by atoms with Crippen molar-refractivity contribution >= 4 is 49.3 Å². The van der Waals surface area contributed by atoms with Crippen LogP contribution in [0.2, 0.25) is 0 Å². The Hall–Kier alpha value is -0.360. The molecule has 1 N–H and O–H groups in total. The molecule has 0 spiro atoms. The summed E-state index contributed by atoms with van der Waals surface area (Å²) in [6, 6.07) is 4.36. The number of aromatic nitrogens is 1. The minimum absolute atomic E-state index is 0.996. The summed E-state index contributed by atoms with van der Waals surface area (Å²) in [6.07, 6.45) is 1.13. The van der Waals surface area contributed by atoms with Crippen LogP contribution in [-0.4, -0.2) is 11.5 Å². The molecule has 0 radical (unpaired) electrons. The number of halogens is 1. The third-order valence-corrected chi connectivity index (χ3v) is 3.76. The summed E-state index contributed by atoms with van der Waals surface area (Å²) in [7, 11) is 0. The second-order valence-corrected chi connectivity index (χ2v) is 5.79. The summed E-state index contributed by atoms with van der Waals surface area (Å²) >= 11 is 4.09. The second-order valence-electron chi connectivity index (χ2n) is 3.52. The Morgan fingerprint density at radius 1 is 1.47 bits per heavy atom. The molecule has 0 aliphatic rings. The third kappa shape index (κ3) is 2.42. The van der Waals surface area contributed by atoms with Crippen molar-refractivity contribution < 1.29 is 0 Å². The molecule has 4 heteroatoms. The molecule has 1 aromatic heterocycles. The highest BCUT2D eigenvalue weighted by Crippen LogP contribution is 2.29. The van der Waals surface area contributed by atoms with Crippen molar-refractivity contribution in [3.05, 3.63) is 21.3 Å². The summed E-state index contributed by atoms with van der Waals surface area (Å²) in [5.41, 5.74) is 2.40. The molecule has 2 aromatic rings. The fraction of sp³-hybridized carbons (Fsp3) is 0.364. The normalized spacial score (nSPS) is 10.9. The van der Waals surface area contributed by atoms with Crippen LogP contribution in [0.3, 0.4) is 0 Å². The van der Waals surface area contributed by atoms with E-state index >= 15 is 0 Å². The summed E-state index contributed by atoms with van der Waals surface area (Å²) in [4.78, 5) is 4.59. The summed E-state index contributed by atoms with van der Waals surface area (Å²) in [5.74, 6) is 0. The molecular formula is C11H13IN2S. The van der Waals surface area contributed by atoms with Gasteiger partial charge in [0.05, 0.1) is 10.2 Å². The summed E-state index contributed by atoms with van der Waals surface area (Å²) in [6.45, 7) is 5.28. The van der Waals surface area contributed by atoms with Gasteiger partial charge in [-0.3, -0.25) is 0 Å². The van der Waals surface area contributed by atoms with Crippen LogP contribution in [-0.2, 0) is 0 Å². The standard InChI is InChI=1S/C11H13IN2S/c1-3-4-13-11-14-10-7(2)5-8(12)6-9(10)15-11/h5-6H,3-4H2,1-2H3,(H,13,14). The number of nitrogens with zero attached hydrogens (tertiary/aromatic N) is 1. The molecule has 0 atom stereocenters. The van der Waals surface area contributed by atoms with Crippen molar-refractivity contribution in [3.8, 4) is 0 Å². The molecule has 1 heterocycles. The van der Waals surface area contributed by atoms with Gasteiger partial charge in [-0.25, -0.2) is 4.98 Å². The molecule has 80 valence electrons. The fourth-order valence-corrected chi connectivity index (χ4v) is 3.46. The van der Waals surface area contributed by atoms with Crippen LogP contribution in [0, 0.1) is 10.5 Å². The van der Waals surface area contributed by atoms with E-state index in [-0.39, 0.29) is 0 Å². The van der Waals surface area contributed by atoms with Crippen LogP contribution in [0.15, 0.2) is 12.1 Å². The second kappa shape index (κ2) is 4.65. The lowest BCUT2D eigenvalue weighted by Crippen LogP contribution is -1.98. The van der Waals surface area contributed by atoms with Crippen molar-refractivity contribution in [1.82, 2.24) is 4.98 Å². The topological polar surface area (TPSA) is 24.9 Å². The number of benzene rings is 1. The van der Waals surface area contributed by atoms with Crippen LogP contribution in [0.1, 0.15) is 18.9 Å². The van der Waals surface area contributed by atoms with E-state index in [2.05, 4.69) is 58.9 Å². The highest BCUT2D eigenvalue weighted by atomic mass is 127. The number of thiazole rings is 1. The molecular weight excluding hydrogens is 319 g/mol. The predicted molar refractivity (Wildman–Crippen MR) is 75.9 cm³/mol. The first-order valence-corrected chi connectivity index (χ1v) is 6.91. The van der Waals surface area contributed by atoms with Crippen molar-refractivity contribution in [3.63, 3.8) is 0 Å². The first-order valence-electron chi connectivity index (χ1n) is 5.01. The van der Waals surface area contributed by atoms with Crippen molar-refractivity contribution in [2.24, 2.45) is 0 Å². The smallest absolute Gasteiger partial charge is 0.183 e. The molecule has 15 heavy (non-hydrogen) atoms. The van der Waals surface area contributed by atoms with Gasteiger partial charge in [-0.15, -0.1) is 0 Å². The van der Waals surface area contributed by atoms with Gasteiger partial charge in [0.15, 0.2) is 5.13 Å². The van der Waals surface area contributed by atoms with Gasteiger partial charge in [0.2, 0.25) is 0 Å². The first kappa shape index (κ1) is 11.1. The number of nitrogens with one attached hydrogen (secondary N) is 1. The van der Waals surface area contributed by atoms with Crippen molar-refractivity contribution in [2.75, 3.05) is 11.9 Å². The molecule has 2 rings (SSSR count). The third-order valence-electron chi connectivity index (χ3n) is 2.18. The Labute approximate surface area is 107 Å². The largest absolute Gasteiger partial charge is 0.361 e. The lowest BCUT2D eigenvalue weighted by atomic mass is 10.2. The lowest BCUT2D eigenvalue weighted by molar-refractivity contribution is 0.977. The van der Waals surface area contributed by atoms with Crippen LogP contribution >= 0.6 is 33.9 Å². The molecule has 2 nitrogen and oxygen atoms in total. The zero-order valence-electron chi connectivity index (χ0n) is 8.80. The molecule has 0 amide bonds. The Morgan fingerprint density at radius 3 is 3.00 bits per heavy atom. The highest BCUT2D eigenvalue weighted by molar-refractivity contribution is 14.1. The summed E-state index contributed by atoms with van der Waals surface area (Å²) in [5, 5.41) is 4.37. The zero-order valence-corrected chi connectivity index (χ0v) is 11.8. The number of fused-ring (bicyclic) bond motifs is 1. The highest BCUT2D eigenvalue weighted by Gasteiger charge is 2.06. The van der Waals surface area contributed by atoms with Gasteiger partial charge >= 0.3 is 0 Å². The van der Waals surface area contributed by atoms with Gasteiger partial charge in [-0.1, -0.05) is 18.3 Å². The molecule has 0 aliphatic carbocycles.